The molecule has 0 amide bonds. The van der Waals surface area contributed by atoms with E-state index < -0.39 is 0 Å². The number of oxazole rings is 1. The Morgan fingerprint density at radius 1 is 1.10 bits per heavy atom. The fourth-order valence-corrected chi connectivity index (χ4v) is 4.12. The SMILES string of the molecule is C[C@@H]1C[C@@H](C)CN(c2oc(-c3ccc(OCc4ccc(Cl)cc4)cc3)nc2C#N)C1. The van der Waals surface area contributed by atoms with E-state index in [-0.39, 0.29) is 0 Å². The zero-order valence-electron chi connectivity index (χ0n) is 17.1. The van der Waals surface area contributed by atoms with Crippen LogP contribution in [0.4, 0.5) is 5.88 Å². The zero-order valence-corrected chi connectivity index (χ0v) is 17.9. The fraction of sp³-hybridized carbons (Fsp3) is 0.333. The van der Waals surface area contributed by atoms with Crippen molar-refractivity contribution in [3.8, 4) is 23.3 Å². The molecule has 1 aliphatic rings. The van der Waals surface area contributed by atoms with E-state index in [1.54, 1.807) is 0 Å². The van der Waals surface area contributed by atoms with Crippen molar-refractivity contribution in [3.05, 3.63) is 64.8 Å². The maximum absolute atomic E-state index is 9.55. The number of benzene rings is 2. The van der Waals surface area contributed by atoms with Crippen molar-refractivity contribution in [1.82, 2.24) is 4.98 Å². The van der Waals surface area contributed by atoms with E-state index in [1.165, 1.54) is 6.42 Å². The number of anilines is 1. The summed E-state index contributed by atoms with van der Waals surface area (Å²) >= 11 is 5.91. The second kappa shape index (κ2) is 8.81. The summed E-state index contributed by atoms with van der Waals surface area (Å²) in [4.78, 5) is 6.58. The molecule has 1 aromatic heterocycles. The van der Waals surface area contributed by atoms with Crippen LogP contribution in [0.2, 0.25) is 5.02 Å². The molecule has 0 aliphatic carbocycles. The van der Waals surface area contributed by atoms with Crippen LogP contribution < -0.4 is 9.64 Å². The van der Waals surface area contributed by atoms with Gasteiger partial charge in [-0.1, -0.05) is 37.6 Å². The number of hydrogen-bond donors (Lipinski definition) is 0. The Hall–Kier alpha value is -2.97. The van der Waals surface area contributed by atoms with Gasteiger partial charge in [-0.15, -0.1) is 0 Å². The molecule has 0 radical (unpaired) electrons. The van der Waals surface area contributed by atoms with Crippen LogP contribution in [0.1, 0.15) is 31.5 Å². The summed E-state index contributed by atoms with van der Waals surface area (Å²) in [5.41, 5.74) is 2.20. The third kappa shape index (κ3) is 4.60. The van der Waals surface area contributed by atoms with Gasteiger partial charge in [0.2, 0.25) is 17.5 Å². The molecule has 0 saturated carbocycles. The van der Waals surface area contributed by atoms with Gasteiger partial charge in [-0.05, 0) is 60.2 Å². The first-order chi connectivity index (χ1) is 14.5. The van der Waals surface area contributed by atoms with Crippen molar-refractivity contribution in [2.75, 3.05) is 18.0 Å². The highest BCUT2D eigenvalue weighted by atomic mass is 35.5. The van der Waals surface area contributed by atoms with Gasteiger partial charge in [-0.25, -0.2) is 0 Å². The lowest BCUT2D eigenvalue weighted by Crippen LogP contribution is -2.38. The van der Waals surface area contributed by atoms with Crippen LogP contribution in [0, 0.1) is 23.2 Å². The average Bonchev–Trinajstić information content (AvgIpc) is 3.18. The second-order valence-electron chi connectivity index (χ2n) is 8.08. The van der Waals surface area contributed by atoms with Crippen molar-refractivity contribution < 1.29 is 9.15 Å². The van der Waals surface area contributed by atoms with Crippen LogP contribution in [0.15, 0.2) is 52.9 Å². The third-order valence-corrected chi connectivity index (χ3v) is 5.54. The first-order valence-electron chi connectivity index (χ1n) is 10.2. The van der Waals surface area contributed by atoms with Gasteiger partial charge < -0.3 is 14.1 Å². The number of nitrogens with zero attached hydrogens (tertiary/aromatic N) is 3. The smallest absolute Gasteiger partial charge is 0.235 e. The standard InChI is InChI=1S/C24H24ClN3O2/c1-16-11-17(2)14-28(13-16)24-22(12-26)27-23(30-24)19-5-9-21(10-6-19)29-15-18-3-7-20(25)8-4-18/h3-10,16-17H,11,13-15H2,1-2H3/t16-,17-/m1/s1. The minimum atomic E-state index is 0.342. The second-order valence-corrected chi connectivity index (χ2v) is 8.51. The summed E-state index contributed by atoms with van der Waals surface area (Å²) in [7, 11) is 0. The third-order valence-electron chi connectivity index (χ3n) is 5.29. The molecule has 6 heteroatoms. The van der Waals surface area contributed by atoms with Gasteiger partial charge in [0.1, 0.15) is 18.4 Å². The molecule has 2 aromatic carbocycles. The number of nitriles is 1. The van der Waals surface area contributed by atoms with E-state index in [0.29, 0.717) is 40.9 Å². The quantitative estimate of drug-likeness (QED) is 0.511. The van der Waals surface area contributed by atoms with Gasteiger partial charge in [0.05, 0.1) is 0 Å². The van der Waals surface area contributed by atoms with E-state index in [2.05, 4.69) is 29.8 Å². The van der Waals surface area contributed by atoms with Crippen LogP contribution in [0.25, 0.3) is 11.5 Å². The van der Waals surface area contributed by atoms with E-state index in [9.17, 15) is 5.26 Å². The van der Waals surface area contributed by atoms with Crippen molar-refractivity contribution in [2.24, 2.45) is 11.8 Å². The Morgan fingerprint density at radius 3 is 2.40 bits per heavy atom. The number of halogens is 1. The molecule has 2 heterocycles. The molecule has 1 saturated heterocycles. The number of ether oxygens (including phenoxy) is 1. The Kier molecular flexibility index (Phi) is 5.96. The van der Waals surface area contributed by atoms with Crippen molar-refractivity contribution in [2.45, 2.75) is 26.9 Å². The van der Waals surface area contributed by atoms with Crippen LogP contribution in [-0.2, 0) is 6.61 Å². The van der Waals surface area contributed by atoms with Gasteiger partial charge in [0.25, 0.3) is 0 Å². The van der Waals surface area contributed by atoms with E-state index in [4.69, 9.17) is 20.8 Å². The number of rotatable bonds is 5. The molecule has 0 unspecified atom stereocenters. The average molecular weight is 422 g/mol. The van der Waals surface area contributed by atoms with Crippen molar-refractivity contribution in [3.63, 3.8) is 0 Å². The Morgan fingerprint density at radius 2 is 1.77 bits per heavy atom. The highest BCUT2D eigenvalue weighted by Crippen LogP contribution is 2.33. The van der Waals surface area contributed by atoms with E-state index in [0.717, 1.165) is 30.0 Å². The summed E-state index contributed by atoms with van der Waals surface area (Å²) in [5.74, 6) is 2.90. The van der Waals surface area contributed by atoms with Gasteiger partial charge >= 0.3 is 0 Å². The molecule has 1 fully saturated rings. The van der Waals surface area contributed by atoms with Crippen LogP contribution in [-0.4, -0.2) is 18.1 Å². The highest BCUT2D eigenvalue weighted by Gasteiger charge is 2.27. The minimum absolute atomic E-state index is 0.342. The number of aromatic nitrogens is 1. The summed E-state index contributed by atoms with van der Waals surface area (Å²) in [5, 5.41) is 10.3. The summed E-state index contributed by atoms with van der Waals surface area (Å²) in [6, 6.07) is 17.3. The summed E-state index contributed by atoms with van der Waals surface area (Å²) in [6.07, 6.45) is 1.19. The van der Waals surface area contributed by atoms with Crippen molar-refractivity contribution >= 4 is 17.5 Å². The summed E-state index contributed by atoms with van der Waals surface area (Å²) < 4.78 is 11.9. The summed E-state index contributed by atoms with van der Waals surface area (Å²) in [6.45, 7) is 6.68. The van der Waals surface area contributed by atoms with Crippen LogP contribution >= 0.6 is 11.6 Å². The molecule has 4 rings (SSSR count). The number of hydrogen-bond acceptors (Lipinski definition) is 5. The van der Waals surface area contributed by atoms with Gasteiger partial charge in [0, 0.05) is 23.7 Å². The molecule has 3 aromatic rings. The van der Waals surface area contributed by atoms with Crippen molar-refractivity contribution in [1.29, 1.82) is 5.26 Å². The molecule has 0 N–H and O–H groups in total. The van der Waals surface area contributed by atoms with Crippen LogP contribution in [0.3, 0.4) is 0 Å². The lowest BCUT2D eigenvalue weighted by molar-refractivity contribution is 0.306. The largest absolute Gasteiger partial charge is 0.489 e. The predicted octanol–water partition coefficient (Wildman–Crippen LogP) is 5.93. The Labute approximate surface area is 181 Å². The lowest BCUT2D eigenvalue weighted by Gasteiger charge is -2.34. The fourth-order valence-electron chi connectivity index (χ4n) is 3.99. The zero-order chi connectivity index (χ0) is 21.1. The topological polar surface area (TPSA) is 62.3 Å². The lowest BCUT2D eigenvalue weighted by atomic mass is 9.92. The number of piperidine rings is 1. The predicted molar refractivity (Wildman–Crippen MR) is 118 cm³/mol. The minimum Gasteiger partial charge on any atom is -0.489 e. The first-order valence-corrected chi connectivity index (χ1v) is 10.5. The monoisotopic (exact) mass is 421 g/mol. The molecular weight excluding hydrogens is 398 g/mol. The normalized spacial score (nSPS) is 18.8. The highest BCUT2D eigenvalue weighted by molar-refractivity contribution is 6.30. The Bertz CT molecular complexity index is 1030. The Balaban J connectivity index is 1.48. The molecule has 30 heavy (non-hydrogen) atoms. The maximum Gasteiger partial charge on any atom is 0.235 e. The van der Waals surface area contributed by atoms with Gasteiger partial charge in [-0.2, -0.15) is 10.2 Å². The van der Waals surface area contributed by atoms with E-state index in [1.807, 2.05) is 48.5 Å². The van der Waals surface area contributed by atoms with Gasteiger partial charge in [-0.3, -0.25) is 0 Å². The molecular formula is C24H24ClN3O2. The van der Waals surface area contributed by atoms with E-state index >= 15 is 0 Å². The molecule has 5 nitrogen and oxygen atoms in total. The van der Waals surface area contributed by atoms with Gasteiger partial charge in [0.15, 0.2) is 0 Å². The molecule has 0 spiro atoms. The molecule has 0 bridgehead atoms. The molecule has 2 atom stereocenters. The molecule has 154 valence electrons. The maximum atomic E-state index is 9.55. The first kappa shape index (κ1) is 20.3. The van der Waals surface area contributed by atoms with Crippen LogP contribution in [0.5, 0.6) is 5.75 Å². The molecule has 1 aliphatic heterocycles.